The van der Waals surface area contributed by atoms with Gasteiger partial charge in [-0.25, -0.2) is 9.97 Å². The summed E-state index contributed by atoms with van der Waals surface area (Å²) in [6.45, 7) is 1.17. The molecule has 12 heavy (non-hydrogen) atoms. The molecule has 0 amide bonds. The van der Waals surface area contributed by atoms with E-state index in [1.54, 1.807) is 6.33 Å². The standard InChI is InChI=1S/C9H11N3/c1-12-3-2-9(12)4-8-5-10-7-11-6-8/h4-7H,2-3H2,1H3/b9-4+. The van der Waals surface area contributed by atoms with Crippen molar-refractivity contribution in [3.05, 3.63) is 30.0 Å². The molecular formula is C9H11N3. The van der Waals surface area contributed by atoms with Crippen LogP contribution in [-0.4, -0.2) is 28.5 Å². The van der Waals surface area contributed by atoms with Crippen molar-refractivity contribution in [1.29, 1.82) is 0 Å². The first-order valence-corrected chi connectivity index (χ1v) is 4.03. The molecule has 1 saturated heterocycles. The average molecular weight is 161 g/mol. The Hall–Kier alpha value is -1.38. The third kappa shape index (κ3) is 1.30. The molecule has 1 aromatic heterocycles. The molecule has 0 atom stereocenters. The zero-order valence-electron chi connectivity index (χ0n) is 7.07. The highest BCUT2D eigenvalue weighted by Gasteiger charge is 2.14. The predicted molar refractivity (Wildman–Crippen MR) is 47.3 cm³/mol. The first-order chi connectivity index (χ1) is 5.86. The van der Waals surface area contributed by atoms with E-state index >= 15 is 0 Å². The molecule has 1 fully saturated rings. The van der Waals surface area contributed by atoms with Gasteiger partial charge in [0, 0.05) is 43.7 Å². The molecule has 62 valence electrons. The van der Waals surface area contributed by atoms with E-state index in [1.807, 2.05) is 12.4 Å². The van der Waals surface area contributed by atoms with Crippen molar-refractivity contribution in [3.63, 3.8) is 0 Å². The van der Waals surface area contributed by atoms with E-state index in [0.717, 1.165) is 5.56 Å². The number of hydrogen-bond acceptors (Lipinski definition) is 3. The molecule has 2 heterocycles. The van der Waals surface area contributed by atoms with Crippen LogP contribution in [0.2, 0.25) is 0 Å². The van der Waals surface area contributed by atoms with Gasteiger partial charge in [0.25, 0.3) is 0 Å². The normalized spacial score (nSPS) is 19.4. The summed E-state index contributed by atoms with van der Waals surface area (Å²) in [6.07, 6.45) is 8.50. The highest BCUT2D eigenvalue weighted by molar-refractivity contribution is 5.51. The summed E-state index contributed by atoms with van der Waals surface area (Å²) in [6, 6.07) is 0. The molecule has 0 spiro atoms. The highest BCUT2D eigenvalue weighted by Crippen LogP contribution is 2.20. The smallest absolute Gasteiger partial charge is 0.115 e. The van der Waals surface area contributed by atoms with Crippen LogP contribution in [0.4, 0.5) is 0 Å². The number of hydrogen-bond donors (Lipinski definition) is 0. The van der Waals surface area contributed by atoms with E-state index in [9.17, 15) is 0 Å². The van der Waals surface area contributed by atoms with Crippen molar-refractivity contribution in [2.24, 2.45) is 0 Å². The van der Waals surface area contributed by atoms with Gasteiger partial charge in [-0.1, -0.05) is 0 Å². The maximum Gasteiger partial charge on any atom is 0.115 e. The third-order valence-electron chi connectivity index (χ3n) is 2.11. The molecule has 0 radical (unpaired) electrons. The van der Waals surface area contributed by atoms with Crippen molar-refractivity contribution < 1.29 is 0 Å². The van der Waals surface area contributed by atoms with Gasteiger partial charge in [-0.05, 0) is 6.08 Å². The number of nitrogens with zero attached hydrogens (tertiary/aromatic N) is 3. The molecule has 1 aliphatic rings. The zero-order chi connectivity index (χ0) is 8.39. The Labute approximate surface area is 71.8 Å². The molecule has 0 bridgehead atoms. The van der Waals surface area contributed by atoms with Crippen LogP contribution in [0.3, 0.4) is 0 Å². The Bertz CT molecular complexity index is 292. The lowest BCUT2D eigenvalue weighted by Gasteiger charge is -2.32. The maximum atomic E-state index is 3.95. The molecule has 1 aliphatic heterocycles. The average Bonchev–Trinajstić information content (AvgIpc) is 2.14. The van der Waals surface area contributed by atoms with Gasteiger partial charge in [0.05, 0.1) is 0 Å². The topological polar surface area (TPSA) is 29.0 Å². The summed E-state index contributed by atoms with van der Waals surface area (Å²) < 4.78 is 0. The minimum atomic E-state index is 1.08. The van der Waals surface area contributed by atoms with E-state index in [4.69, 9.17) is 0 Å². The second-order valence-electron chi connectivity index (χ2n) is 2.98. The highest BCUT2D eigenvalue weighted by atomic mass is 15.2. The fourth-order valence-corrected chi connectivity index (χ4v) is 1.22. The first kappa shape index (κ1) is 7.28. The molecule has 0 aromatic carbocycles. The van der Waals surface area contributed by atoms with E-state index in [2.05, 4.69) is 28.0 Å². The van der Waals surface area contributed by atoms with Gasteiger partial charge in [-0.15, -0.1) is 0 Å². The molecule has 3 heteroatoms. The van der Waals surface area contributed by atoms with Crippen LogP contribution in [-0.2, 0) is 0 Å². The number of rotatable bonds is 1. The van der Waals surface area contributed by atoms with Crippen molar-refractivity contribution in [2.75, 3.05) is 13.6 Å². The van der Waals surface area contributed by atoms with Crippen molar-refractivity contribution in [2.45, 2.75) is 6.42 Å². The number of aromatic nitrogens is 2. The molecule has 3 nitrogen and oxygen atoms in total. The molecule has 0 aliphatic carbocycles. The Morgan fingerprint density at radius 2 is 2.17 bits per heavy atom. The van der Waals surface area contributed by atoms with Gasteiger partial charge < -0.3 is 4.90 Å². The summed E-state index contributed by atoms with van der Waals surface area (Å²) in [5, 5.41) is 0. The van der Waals surface area contributed by atoms with Crippen molar-refractivity contribution in [3.8, 4) is 0 Å². The van der Waals surface area contributed by atoms with Gasteiger partial charge in [-0.3, -0.25) is 0 Å². The maximum absolute atomic E-state index is 3.95. The monoisotopic (exact) mass is 161 g/mol. The lowest BCUT2D eigenvalue weighted by molar-refractivity contribution is 0.317. The van der Waals surface area contributed by atoms with E-state index < -0.39 is 0 Å². The van der Waals surface area contributed by atoms with Gasteiger partial charge in [0.1, 0.15) is 6.33 Å². The van der Waals surface area contributed by atoms with Gasteiger partial charge in [-0.2, -0.15) is 0 Å². The second kappa shape index (κ2) is 2.93. The first-order valence-electron chi connectivity index (χ1n) is 4.03. The summed E-state index contributed by atoms with van der Waals surface area (Å²) in [4.78, 5) is 10.1. The lowest BCUT2D eigenvalue weighted by Crippen LogP contribution is -2.30. The zero-order valence-corrected chi connectivity index (χ0v) is 7.07. The van der Waals surface area contributed by atoms with Gasteiger partial charge in [0.2, 0.25) is 0 Å². The molecule has 1 aromatic rings. The van der Waals surface area contributed by atoms with Crippen molar-refractivity contribution in [1.82, 2.24) is 14.9 Å². The fraction of sp³-hybridized carbons (Fsp3) is 0.333. The third-order valence-corrected chi connectivity index (χ3v) is 2.11. The molecule has 0 N–H and O–H groups in total. The fourth-order valence-electron chi connectivity index (χ4n) is 1.22. The van der Waals surface area contributed by atoms with E-state index in [1.165, 1.54) is 18.7 Å². The van der Waals surface area contributed by atoms with Crippen LogP contribution in [0, 0.1) is 0 Å². The summed E-state index contributed by atoms with van der Waals surface area (Å²) >= 11 is 0. The van der Waals surface area contributed by atoms with Crippen molar-refractivity contribution >= 4 is 6.08 Å². The Morgan fingerprint density at radius 1 is 1.42 bits per heavy atom. The Balaban J connectivity index is 2.18. The molecular weight excluding hydrogens is 150 g/mol. The summed E-state index contributed by atoms with van der Waals surface area (Å²) in [7, 11) is 2.10. The Kier molecular flexibility index (Phi) is 1.78. The molecule has 2 rings (SSSR count). The van der Waals surface area contributed by atoms with E-state index in [-0.39, 0.29) is 0 Å². The summed E-state index contributed by atoms with van der Waals surface area (Å²) in [5.41, 5.74) is 2.45. The van der Waals surface area contributed by atoms with Gasteiger partial charge in [0.15, 0.2) is 0 Å². The van der Waals surface area contributed by atoms with Gasteiger partial charge >= 0.3 is 0 Å². The van der Waals surface area contributed by atoms with Crippen LogP contribution in [0.1, 0.15) is 12.0 Å². The van der Waals surface area contributed by atoms with E-state index in [0.29, 0.717) is 0 Å². The summed E-state index contributed by atoms with van der Waals surface area (Å²) in [5.74, 6) is 0. The molecule has 0 saturated carbocycles. The van der Waals surface area contributed by atoms with Crippen LogP contribution < -0.4 is 0 Å². The minimum Gasteiger partial charge on any atom is -0.377 e. The lowest BCUT2D eigenvalue weighted by atomic mass is 10.1. The van der Waals surface area contributed by atoms with Crippen LogP contribution in [0.25, 0.3) is 6.08 Å². The second-order valence-corrected chi connectivity index (χ2v) is 2.98. The van der Waals surface area contributed by atoms with Crippen LogP contribution in [0.5, 0.6) is 0 Å². The minimum absolute atomic E-state index is 1.08. The quantitative estimate of drug-likeness (QED) is 0.618. The SMILES string of the molecule is CN1CC/C1=C\c1cncnc1. The predicted octanol–water partition coefficient (Wildman–Crippen LogP) is 1.15. The Morgan fingerprint density at radius 3 is 2.67 bits per heavy atom. The van der Waals surface area contributed by atoms with Crippen LogP contribution in [0.15, 0.2) is 24.4 Å². The molecule has 0 unspecified atom stereocenters. The van der Waals surface area contributed by atoms with Crippen LogP contribution >= 0.6 is 0 Å². The number of likely N-dealkylation sites (tertiary alicyclic amines) is 1. The largest absolute Gasteiger partial charge is 0.377 e.